The molecule has 0 fully saturated rings. The number of rotatable bonds is 4. The minimum Gasteiger partial charge on any atom is -0.494 e. The van der Waals surface area contributed by atoms with Crippen molar-refractivity contribution in [3.63, 3.8) is 0 Å². The molecule has 0 atom stereocenters. The second-order valence-electron chi connectivity index (χ2n) is 2.56. The van der Waals surface area contributed by atoms with Crippen LogP contribution in [0.3, 0.4) is 0 Å². The second kappa shape index (κ2) is 5.03. The molecular weight excluding hydrogens is 128 g/mol. The number of allylic oxidation sites excluding steroid dienone is 2. The topological polar surface area (TPSA) is 26.3 Å². The van der Waals surface area contributed by atoms with Crippen LogP contribution in [0.15, 0.2) is 11.8 Å². The lowest BCUT2D eigenvalue weighted by molar-refractivity contribution is -0.107. The summed E-state index contributed by atoms with van der Waals surface area (Å²) in [5, 5.41) is 0. The maximum Gasteiger partial charge on any atom is 0.184 e. The highest BCUT2D eigenvalue weighted by Crippen LogP contribution is 2.02. The Balaban J connectivity index is 3.74. The smallest absolute Gasteiger partial charge is 0.184 e. The Hall–Kier alpha value is -0.790. The van der Waals surface area contributed by atoms with E-state index in [9.17, 15) is 4.79 Å². The Bertz CT molecular complexity index is 125. The summed E-state index contributed by atoms with van der Waals surface area (Å²) in [5.74, 6) is 0.999. The molecule has 0 unspecified atom stereocenters. The normalized spacial score (nSPS) is 11.8. The van der Waals surface area contributed by atoms with E-state index in [0.29, 0.717) is 11.7 Å². The number of methoxy groups -OCH3 is 1. The average molecular weight is 142 g/mol. The summed E-state index contributed by atoms with van der Waals surface area (Å²) >= 11 is 0. The van der Waals surface area contributed by atoms with Gasteiger partial charge < -0.3 is 4.74 Å². The monoisotopic (exact) mass is 142 g/mol. The van der Waals surface area contributed by atoms with Crippen LogP contribution in [0.4, 0.5) is 0 Å². The molecule has 0 N–H and O–H groups in total. The van der Waals surface area contributed by atoms with Gasteiger partial charge >= 0.3 is 0 Å². The lowest BCUT2D eigenvalue weighted by atomic mass is 10.1. The molecule has 2 heteroatoms. The van der Waals surface area contributed by atoms with Gasteiger partial charge in [-0.1, -0.05) is 13.8 Å². The Morgan fingerprint density at radius 2 is 2.20 bits per heavy atom. The van der Waals surface area contributed by atoms with E-state index in [0.717, 1.165) is 12.7 Å². The summed E-state index contributed by atoms with van der Waals surface area (Å²) in [6.07, 6.45) is 3.42. The summed E-state index contributed by atoms with van der Waals surface area (Å²) in [5.41, 5.74) is 0. The van der Waals surface area contributed by atoms with Crippen LogP contribution in [0.1, 0.15) is 20.3 Å². The van der Waals surface area contributed by atoms with Crippen molar-refractivity contribution in [3.8, 4) is 0 Å². The number of aldehydes is 1. The third-order valence-corrected chi connectivity index (χ3v) is 1.14. The zero-order valence-corrected chi connectivity index (χ0v) is 6.76. The number of ether oxygens (including phenoxy) is 1. The van der Waals surface area contributed by atoms with Gasteiger partial charge in [-0.05, 0) is 18.4 Å². The van der Waals surface area contributed by atoms with E-state index in [2.05, 4.69) is 13.8 Å². The molecule has 0 amide bonds. The second-order valence-corrected chi connectivity index (χ2v) is 2.56. The van der Waals surface area contributed by atoms with Crippen LogP contribution in [0.5, 0.6) is 0 Å². The van der Waals surface area contributed by atoms with Crippen molar-refractivity contribution in [2.45, 2.75) is 20.3 Å². The van der Waals surface area contributed by atoms with E-state index in [1.54, 1.807) is 6.08 Å². The van der Waals surface area contributed by atoms with Gasteiger partial charge in [-0.2, -0.15) is 0 Å². The van der Waals surface area contributed by atoms with Crippen molar-refractivity contribution in [2.75, 3.05) is 7.11 Å². The molecule has 0 aliphatic carbocycles. The molecule has 0 aromatic carbocycles. The molecular formula is C8H14O2. The molecule has 0 bridgehead atoms. The van der Waals surface area contributed by atoms with Crippen molar-refractivity contribution in [1.29, 1.82) is 0 Å². The third-order valence-electron chi connectivity index (χ3n) is 1.14. The summed E-state index contributed by atoms with van der Waals surface area (Å²) in [7, 11) is 1.50. The van der Waals surface area contributed by atoms with Crippen LogP contribution >= 0.6 is 0 Å². The number of hydrogen-bond acceptors (Lipinski definition) is 2. The highest BCUT2D eigenvalue weighted by molar-refractivity contribution is 5.69. The minimum atomic E-state index is 0.425. The molecule has 0 aliphatic rings. The van der Waals surface area contributed by atoms with E-state index in [1.807, 2.05) is 0 Å². The summed E-state index contributed by atoms with van der Waals surface area (Å²) < 4.78 is 4.74. The van der Waals surface area contributed by atoms with Gasteiger partial charge in [0.25, 0.3) is 0 Å². The maximum absolute atomic E-state index is 10.2. The largest absolute Gasteiger partial charge is 0.494 e. The van der Waals surface area contributed by atoms with Crippen LogP contribution in [0.2, 0.25) is 0 Å². The molecule has 0 heterocycles. The number of hydrogen-bond donors (Lipinski definition) is 0. The molecule has 0 radical (unpaired) electrons. The molecule has 0 aliphatic heterocycles. The number of carbonyl (C=O) groups is 1. The van der Waals surface area contributed by atoms with Crippen molar-refractivity contribution in [2.24, 2.45) is 5.92 Å². The predicted molar refractivity (Wildman–Crippen MR) is 40.6 cm³/mol. The van der Waals surface area contributed by atoms with Gasteiger partial charge in [0, 0.05) is 0 Å². The first-order valence-corrected chi connectivity index (χ1v) is 3.40. The zero-order chi connectivity index (χ0) is 7.98. The first-order valence-electron chi connectivity index (χ1n) is 3.40. The van der Waals surface area contributed by atoms with Gasteiger partial charge in [0.1, 0.15) is 0 Å². The highest BCUT2D eigenvalue weighted by Gasteiger charge is 1.93. The van der Waals surface area contributed by atoms with Crippen LogP contribution in [0, 0.1) is 5.92 Å². The molecule has 10 heavy (non-hydrogen) atoms. The van der Waals surface area contributed by atoms with Crippen LogP contribution in [-0.4, -0.2) is 13.4 Å². The molecule has 0 aromatic rings. The molecule has 2 nitrogen and oxygen atoms in total. The van der Waals surface area contributed by atoms with E-state index < -0.39 is 0 Å². The van der Waals surface area contributed by atoms with E-state index in [1.165, 1.54) is 7.11 Å². The Morgan fingerprint density at radius 3 is 2.50 bits per heavy atom. The van der Waals surface area contributed by atoms with Crippen LogP contribution in [-0.2, 0) is 9.53 Å². The molecule has 0 rings (SSSR count). The summed E-state index contributed by atoms with van der Waals surface area (Å²) in [6.45, 7) is 4.18. The van der Waals surface area contributed by atoms with Gasteiger partial charge in [-0.15, -0.1) is 0 Å². The van der Waals surface area contributed by atoms with Gasteiger partial charge in [-0.3, -0.25) is 4.79 Å². The summed E-state index contributed by atoms with van der Waals surface area (Å²) in [6, 6.07) is 0. The minimum absolute atomic E-state index is 0.425. The fourth-order valence-electron chi connectivity index (χ4n) is 0.531. The van der Waals surface area contributed by atoms with Crippen LogP contribution < -0.4 is 0 Å². The van der Waals surface area contributed by atoms with Crippen molar-refractivity contribution < 1.29 is 9.53 Å². The average Bonchev–Trinajstić information content (AvgIpc) is 1.90. The highest BCUT2D eigenvalue weighted by atomic mass is 16.5. The number of carbonyl (C=O) groups excluding carboxylic acids is 1. The van der Waals surface area contributed by atoms with Crippen molar-refractivity contribution in [1.82, 2.24) is 0 Å². The third kappa shape index (κ3) is 4.13. The van der Waals surface area contributed by atoms with E-state index >= 15 is 0 Å². The van der Waals surface area contributed by atoms with Crippen molar-refractivity contribution in [3.05, 3.63) is 11.8 Å². The standard InChI is InChI=1S/C8H14O2/c1-7(2)4-5-8(6-9)10-3/h5-7H,4H2,1-3H3/b8-5-. The maximum atomic E-state index is 10.2. The fraction of sp³-hybridized carbons (Fsp3) is 0.625. The molecule has 0 saturated heterocycles. The quantitative estimate of drug-likeness (QED) is 0.339. The fourth-order valence-corrected chi connectivity index (χ4v) is 0.531. The molecule has 0 spiro atoms. The van der Waals surface area contributed by atoms with Gasteiger partial charge in [0.2, 0.25) is 0 Å². The Kier molecular flexibility index (Phi) is 4.63. The predicted octanol–water partition coefficient (Wildman–Crippen LogP) is 1.76. The Morgan fingerprint density at radius 1 is 1.60 bits per heavy atom. The van der Waals surface area contributed by atoms with E-state index in [-0.39, 0.29) is 0 Å². The molecule has 0 saturated carbocycles. The molecule has 0 aromatic heterocycles. The first-order chi connectivity index (χ1) is 4.70. The first kappa shape index (κ1) is 9.21. The zero-order valence-electron chi connectivity index (χ0n) is 6.76. The van der Waals surface area contributed by atoms with Crippen molar-refractivity contribution >= 4 is 6.29 Å². The lowest BCUT2D eigenvalue weighted by Gasteiger charge is -1.99. The van der Waals surface area contributed by atoms with Gasteiger partial charge in [-0.25, -0.2) is 0 Å². The summed E-state index contributed by atoms with van der Waals surface area (Å²) in [4.78, 5) is 10.2. The SMILES string of the molecule is CO/C(C=O)=C\CC(C)C. The van der Waals surface area contributed by atoms with Gasteiger partial charge in [0.15, 0.2) is 12.0 Å². The molecule has 58 valence electrons. The van der Waals surface area contributed by atoms with Gasteiger partial charge in [0.05, 0.1) is 7.11 Å². The van der Waals surface area contributed by atoms with Crippen LogP contribution in [0.25, 0.3) is 0 Å². The van der Waals surface area contributed by atoms with E-state index in [4.69, 9.17) is 4.74 Å². The Labute approximate surface area is 61.9 Å². The lowest BCUT2D eigenvalue weighted by Crippen LogP contribution is -1.90.